The van der Waals surface area contributed by atoms with Crippen LogP contribution in [-0.2, 0) is 21.2 Å². The minimum Gasteiger partial charge on any atom is -0.355 e. The molecule has 0 spiro atoms. The normalized spacial score (nSPS) is 11.6. The predicted octanol–water partition coefficient (Wildman–Crippen LogP) is 2.89. The third kappa shape index (κ3) is 6.15. The van der Waals surface area contributed by atoms with E-state index in [1.54, 1.807) is 42.5 Å². The van der Waals surface area contributed by atoms with E-state index in [4.69, 9.17) is 0 Å². The lowest BCUT2D eigenvalue weighted by molar-refractivity contribution is -0.121. The molecule has 7 heteroatoms. The van der Waals surface area contributed by atoms with E-state index in [-0.39, 0.29) is 36.1 Å². The van der Waals surface area contributed by atoms with Crippen molar-refractivity contribution < 1.29 is 17.6 Å². The van der Waals surface area contributed by atoms with Crippen molar-refractivity contribution in [1.82, 2.24) is 9.62 Å². The molecule has 0 aliphatic heterocycles. The van der Waals surface area contributed by atoms with Gasteiger partial charge in [-0.25, -0.2) is 12.8 Å². The molecule has 0 aromatic heterocycles. The van der Waals surface area contributed by atoms with Gasteiger partial charge < -0.3 is 5.32 Å². The van der Waals surface area contributed by atoms with E-state index >= 15 is 0 Å². The van der Waals surface area contributed by atoms with Crippen LogP contribution in [0.4, 0.5) is 4.39 Å². The van der Waals surface area contributed by atoms with Crippen LogP contribution in [0.25, 0.3) is 0 Å². The van der Waals surface area contributed by atoms with Crippen LogP contribution >= 0.6 is 0 Å². The Morgan fingerprint density at radius 3 is 2.44 bits per heavy atom. The Balaban J connectivity index is 1.74. The monoisotopic (exact) mass is 392 g/mol. The van der Waals surface area contributed by atoms with Crippen LogP contribution in [0.2, 0.25) is 0 Å². The lowest BCUT2D eigenvalue weighted by Crippen LogP contribution is -2.36. The van der Waals surface area contributed by atoms with Crippen molar-refractivity contribution in [3.63, 3.8) is 0 Å². The second kappa shape index (κ2) is 9.62. The molecule has 27 heavy (non-hydrogen) atoms. The fraction of sp³-hybridized carbons (Fsp3) is 0.350. The third-order valence-corrected chi connectivity index (χ3v) is 6.16. The predicted molar refractivity (Wildman–Crippen MR) is 103 cm³/mol. The Kier molecular flexibility index (Phi) is 7.50. The highest BCUT2D eigenvalue weighted by Crippen LogP contribution is 2.14. The second-order valence-electron chi connectivity index (χ2n) is 6.43. The molecule has 146 valence electrons. The summed E-state index contributed by atoms with van der Waals surface area (Å²) >= 11 is 0. The number of aryl methyl sites for hydroxylation is 2. The molecule has 1 N–H and O–H groups in total. The van der Waals surface area contributed by atoms with Crippen molar-refractivity contribution in [3.8, 4) is 0 Å². The van der Waals surface area contributed by atoms with Gasteiger partial charge in [-0.3, -0.25) is 4.79 Å². The summed E-state index contributed by atoms with van der Waals surface area (Å²) in [6, 6.07) is 13.1. The summed E-state index contributed by atoms with van der Waals surface area (Å²) in [5, 5.41) is 2.71. The molecule has 0 saturated heterocycles. The van der Waals surface area contributed by atoms with Crippen LogP contribution in [0, 0.1) is 12.7 Å². The third-order valence-electron chi connectivity index (χ3n) is 4.29. The van der Waals surface area contributed by atoms with Crippen LogP contribution in [-0.4, -0.2) is 38.8 Å². The molecule has 0 atom stereocenters. The van der Waals surface area contributed by atoms with Gasteiger partial charge in [0.25, 0.3) is 0 Å². The van der Waals surface area contributed by atoms with E-state index in [1.165, 1.54) is 17.4 Å². The Morgan fingerprint density at radius 1 is 1.11 bits per heavy atom. The number of sulfonamides is 1. The first kappa shape index (κ1) is 21.1. The number of benzene rings is 2. The number of carbonyl (C=O) groups is 1. The number of rotatable bonds is 9. The maximum absolute atomic E-state index is 13.5. The smallest absolute Gasteiger partial charge is 0.242 e. The van der Waals surface area contributed by atoms with Crippen molar-refractivity contribution in [1.29, 1.82) is 0 Å². The lowest BCUT2D eigenvalue weighted by atomic mass is 10.1. The zero-order valence-electron chi connectivity index (χ0n) is 15.6. The average molecular weight is 392 g/mol. The second-order valence-corrected chi connectivity index (χ2v) is 8.48. The maximum atomic E-state index is 13.5. The first-order chi connectivity index (χ1) is 12.8. The van der Waals surface area contributed by atoms with E-state index < -0.39 is 10.0 Å². The van der Waals surface area contributed by atoms with Gasteiger partial charge in [-0.1, -0.05) is 35.9 Å². The molecule has 0 bridgehead atoms. The van der Waals surface area contributed by atoms with Gasteiger partial charge in [0.05, 0.1) is 4.90 Å². The molecule has 0 saturated carbocycles. The Labute approximate surface area is 160 Å². The van der Waals surface area contributed by atoms with Gasteiger partial charge in [0.15, 0.2) is 0 Å². The van der Waals surface area contributed by atoms with Crippen molar-refractivity contribution in [2.24, 2.45) is 0 Å². The van der Waals surface area contributed by atoms with Crippen LogP contribution in [0.5, 0.6) is 0 Å². The Hall–Kier alpha value is -2.25. The summed E-state index contributed by atoms with van der Waals surface area (Å²) in [7, 11) is -2.09. The van der Waals surface area contributed by atoms with Crippen LogP contribution in [0.3, 0.4) is 0 Å². The molecule has 2 aromatic carbocycles. The highest BCUT2D eigenvalue weighted by atomic mass is 32.2. The fourth-order valence-electron chi connectivity index (χ4n) is 2.59. The number of nitrogens with zero attached hydrogens (tertiary/aromatic N) is 1. The van der Waals surface area contributed by atoms with E-state index in [9.17, 15) is 17.6 Å². The summed E-state index contributed by atoms with van der Waals surface area (Å²) in [5.74, 6) is -0.437. The van der Waals surface area contributed by atoms with Crippen molar-refractivity contribution in [3.05, 3.63) is 65.5 Å². The molecule has 0 aliphatic rings. The number of nitrogens with one attached hydrogen (secondary N) is 1. The largest absolute Gasteiger partial charge is 0.355 e. The highest BCUT2D eigenvalue weighted by molar-refractivity contribution is 7.89. The first-order valence-corrected chi connectivity index (χ1v) is 10.3. The summed E-state index contributed by atoms with van der Waals surface area (Å²) in [6.07, 6.45) is 1.29. The maximum Gasteiger partial charge on any atom is 0.242 e. The van der Waals surface area contributed by atoms with Crippen molar-refractivity contribution in [2.75, 3.05) is 20.1 Å². The van der Waals surface area contributed by atoms with Gasteiger partial charge in [-0.2, -0.15) is 4.31 Å². The van der Waals surface area contributed by atoms with Gasteiger partial charge in [-0.05, 0) is 43.5 Å². The summed E-state index contributed by atoms with van der Waals surface area (Å²) in [5.41, 5.74) is 1.58. The van der Waals surface area contributed by atoms with Crippen molar-refractivity contribution >= 4 is 15.9 Å². The molecule has 0 unspecified atom stereocenters. The number of likely N-dealkylation sites (N-methyl/N-ethyl adjacent to an activating group) is 1. The molecule has 0 fully saturated rings. The Bertz CT molecular complexity index is 867. The minimum atomic E-state index is -3.57. The van der Waals surface area contributed by atoms with Crippen LogP contribution < -0.4 is 5.32 Å². The summed E-state index contributed by atoms with van der Waals surface area (Å²) < 4.78 is 39.7. The van der Waals surface area contributed by atoms with Crippen molar-refractivity contribution in [2.45, 2.75) is 31.1 Å². The molecular weight excluding hydrogens is 367 g/mol. The zero-order chi connectivity index (χ0) is 19.9. The number of amides is 1. The molecule has 2 rings (SSSR count). The van der Waals surface area contributed by atoms with E-state index in [0.29, 0.717) is 18.4 Å². The zero-order valence-corrected chi connectivity index (χ0v) is 16.4. The van der Waals surface area contributed by atoms with Gasteiger partial charge in [-0.15, -0.1) is 0 Å². The molecule has 0 heterocycles. The van der Waals surface area contributed by atoms with Gasteiger partial charge >= 0.3 is 0 Å². The average Bonchev–Trinajstić information content (AvgIpc) is 2.63. The SMILES string of the molecule is Cc1ccc(S(=O)(=O)N(C)CCNC(=O)CCCc2ccccc2F)cc1. The summed E-state index contributed by atoms with van der Waals surface area (Å²) in [6.45, 7) is 2.29. The molecule has 1 amide bonds. The highest BCUT2D eigenvalue weighted by Gasteiger charge is 2.20. The number of halogens is 1. The van der Waals surface area contributed by atoms with Gasteiger partial charge in [0.2, 0.25) is 15.9 Å². The number of hydrogen-bond acceptors (Lipinski definition) is 3. The van der Waals surface area contributed by atoms with E-state index in [2.05, 4.69) is 5.32 Å². The topological polar surface area (TPSA) is 66.5 Å². The number of carbonyl (C=O) groups excluding carboxylic acids is 1. The van der Waals surface area contributed by atoms with E-state index in [0.717, 1.165) is 5.56 Å². The summed E-state index contributed by atoms with van der Waals surface area (Å²) in [4.78, 5) is 12.1. The van der Waals surface area contributed by atoms with Crippen LogP contribution in [0.1, 0.15) is 24.0 Å². The first-order valence-electron chi connectivity index (χ1n) is 8.84. The lowest BCUT2D eigenvalue weighted by Gasteiger charge is -2.17. The van der Waals surface area contributed by atoms with E-state index in [1.807, 2.05) is 6.92 Å². The molecule has 2 aromatic rings. The minimum absolute atomic E-state index is 0.174. The van der Waals surface area contributed by atoms with Gasteiger partial charge in [0.1, 0.15) is 5.82 Å². The molecule has 5 nitrogen and oxygen atoms in total. The molecule has 0 aliphatic carbocycles. The number of hydrogen-bond donors (Lipinski definition) is 1. The molecular formula is C20H25FN2O3S. The Morgan fingerprint density at radius 2 is 1.78 bits per heavy atom. The standard InChI is InChI=1S/C20H25FN2O3S/c1-16-10-12-18(13-11-16)27(25,26)23(2)15-14-22-20(24)9-5-7-17-6-3-4-8-19(17)21/h3-4,6,8,10-13H,5,7,9,14-15H2,1-2H3,(H,22,24). The fourth-order valence-corrected chi connectivity index (χ4v) is 3.76. The molecule has 0 radical (unpaired) electrons. The van der Waals surface area contributed by atoms with Crippen LogP contribution in [0.15, 0.2) is 53.4 Å². The quantitative estimate of drug-likeness (QED) is 0.714. The van der Waals surface area contributed by atoms with Gasteiger partial charge in [0, 0.05) is 26.6 Å².